The van der Waals surface area contributed by atoms with Crippen LogP contribution in [0.25, 0.3) is 10.9 Å². The first kappa shape index (κ1) is 24.3. The zero-order chi connectivity index (χ0) is 26.4. The maximum Gasteiger partial charge on any atom is 0.265 e. The number of benzene rings is 3. The molecule has 0 unspecified atom stereocenters. The van der Waals surface area contributed by atoms with Crippen LogP contribution in [0.4, 0.5) is 10.1 Å². The number of methoxy groups -OCH3 is 2. The molecular formula is C27H21ClFN3O5. The molecule has 3 aromatic carbocycles. The maximum atomic E-state index is 13.5. The molecule has 0 fully saturated rings. The second-order valence-corrected chi connectivity index (χ2v) is 8.96. The SMILES string of the molecule is COc1ccc(CN2C(=O)c3c(c(O)c4ncc(Cc5ccc(F)c(Cl)c5)cc4c3N)C2=O)c(OC)c1. The van der Waals surface area contributed by atoms with Gasteiger partial charge in [-0.2, -0.15) is 0 Å². The third-order valence-electron chi connectivity index (χ3n) is 6.35. The third-order valence-corrected chi connectivity index (χ3v) is 6.64. The zero-order valence-electron chi connectivity index (χ0n) is 19.8. The monoisotopic (exact) mass is 521 g/mol. The Balaban J connectivity index is 1.53. The van der Waals surface area contributed by atoms with Crippen LogP contribution in [0.3, 0.4) is 0 Å². The topological polar surface area (TPSA) is 115 Å². The molecule has 4 aromatic rings. The van der Waals surface area contributed by atoms with Crippen LogP contribution in [0, 0.1) is 5.82 Å². The smallest absolute Gasteiger partial charge is 0.265 e. The lowest BCUT2D eigenvalue weighted by molar-refractivity contribution is 0.0641. The van der Waals surface area contributed by atoms with Gasteiger partial charge in [-0.1, -0.05) is 17.7 Å². The maximum absolute atomic E-state index is 13.5. The number of nitrogens with two attached hydrogens (primary N) is 1. The highest BCUT2D eigenvalue weighted by Gasteiger charge is 2.41. The number of carbonyl (C=O) groups is 2. The number of hydrogen-bond donors (Lipinski definition) is 2. The van der Waals surface area contributed by atoms with Gasteiger partial charge < -0.3 is 20.3 Å². The predicted molar refractivity (Wildman–Crippen MR) is 136 cm³/mol. The summed E-state index contributed by atoms with van der Waals surface area (Å²) in [6.45, 7) is -0.0985. The summed E-state index contributed by atoms with van der Waals surface area (Å²) in [5.41, 5.74) is 8.26. The largest absolute Gasteiger partial charge is 0.505 e. The van der Waals surface area contributed by atoms with Crippen LogP contribution in [0.15, 0.2) is 48.7 Å². The Labute approximate surface area is 216 Å². The predicted octanol–water partition coefficient (Wildman–Crippen LogP) is 4.72. The summed E-state index contributed by atoms with van der Waals surface area (Å²) in [5.74, 6) is -1.27. The van der Waals surface area contributed by atoms with E-state index in [9.17, 15) is 19.1 Å². The van der Waals surface area contributed by atoms with Crippen LogP contribution in [0.5, 0.6) is 17.2 Å². The average molecular weight is 522 g/mol. The van der Waals surface area contributed by atoms with Gasteiger partial charge in [0.2, 0.25) is 0 Å². The first-order valence-corrected chi connectivity index (χ1v) is 11.5. The van der Waals surface area contributed by atoms with Crippen LogP contribution < -0.4 is 15.2 Å². The van der Waals surface area contributed by atoms with E-state index in [1.807, 2.05) is 0 Å². The minimum Gasteiger partial charge on any atom is -0.505 e. The lowest BCUT2D eigenvalue weighted by Gasteiger charge is -2.16. The van der Waals surface area contributed by atoms with Crippen LogP contribution in [0.2, 0.25) is 5.02 Å². The minimum atomic E-state index is -0.684. The molecule has 8 nitrogen and oxygen atoms in total. The number of rotatable bonds is 6. The first-order chi connectivity index (χ1) is 17.7. The van der Waals surface area contributed by atoms with Gasteiger partial charge in [0.15, 0.2) is 5.75 Å². The summed E-state index contributed by atoms with van der Waals surface area (Å²) < 4.78 is 24.1. The first-order valence-electron chi connectivity index (χ1n) is 11.2. The molecule has 0 saturated carbocycles. The molecule has 5 rings (SSSR count). The van der Waals surface area contributed by atoms with Crippen molar-refractivity contribution in [3.05, 3.63) is 87.3 Å². The molecule has 0 spiro atoms. The van der Waals surface area contributed by atoms with E-state index in [0.717, 1.165) is 10.5 Å². The number of carbonyl (C=O) groups excluding carboxylic acids is 2. The molecule has 0 saturated heterocycles. The van der Waals surface area contributed by atoms with Crippen molar-refractivity contribution in [2.75, 3.05) is 20.0 Å². The molecular weight excluding hydrogens is 501 g/mol. The second-order valence-electron chi connectivity index (χ2n) is 8.55. The molecule has 37 heavy (non-hydrogen) atoms. The molecule has 2 heterocycles. The average Bonchev–Trinajstić information content (AvgIpc) is 3.14. The number of imide groups is 1. The van der Waals surface area contributed by atoms with Crippen molar-refractivity contribution in [3.63, 3.8) is 0 Å². The van der Waals surface area contributed by atoms with Gasteiger partial charge >= 0.3 is 0 Å². The summed E-state index contributed by atoms with van der Waals surface area (Å²) in [6.07, 6.45) is 1.88. The lowest BCUT2D eigenvalue weighted by Crippen LogP contribution is -2.29. The van der Waals surface area contributed by atoms with Crippen molar-refractivity contribution in [3.8, 4) is 17.2 Å². The van der Waals surface area contributed by atoms with Crippen molar-refractivity contribution in [2.45, 2.75) is 13.0 Å². The van der Waals surface area contributed by atoms with E-state index in [-0.39, 0.29) is 33.9 Å². The number of aromatic hydroxyl groups is 1. The van der Waals surface area contributed by atoms with Crippen LogP contribution in [-0.2, 0) is 13.0 Å². The minimum absolute atomic E-state index is 0.00100. The highest BCUT2D eigenvalue weighted by molar-refractivity contribution is 6.30. The van der Waals surface area contributed by atoms with E-state index in [4.69, 9.17) is 26.8 Å². The number of halogens is 2. The number of phenolic OH excluding ortho intramolecular Hbond substituents is 1. The molecule has 1 aromatic heterocycles. The normalized spacial score (nSPS) is 12.8. The van der Waals surface area contributed by atoms with Gasteiger partial charge in [0.1, 0.15) is 22.8 Å². The van der Waals surface area contributed by atoms with E-state index in [1.54, 1.807) is 30.3 Å². The lowest BCUT2D eigenvalue weighted by atomic mass is 9.98. The van der Waals surface area contributed by atoms with Gasteiger partial charge in [0.05, 0.1) is 42.6 Å². The number of nitrogen functional groups attached to an aromatic ring is 1. The van der Waals surface area contributed by atoms with Gasteiger partial charge in [-0.15, -0.1) is 0 Å². The Bertz CT molecular complexity index is 1610. The Morgan fingerprint density at radius 1 is 1.03 bits per heavy atom. The molecule has 0 radical (unpaired) electrons. The van der Waals surface area contributed by atoms with E-state index in [2.05, 4.69) is 4.98 Å². The van der Waals surface area contributed by atoms with Gasteiger partial charge in [0, 0.05) is 23.2 Å². The van der Waals surface area contributed by atoms with Crippen molar-refractivity contribution in [1.29, 1.82) is 0 Å². The van der Waals surface area contributed by atoms with Crippen molar-refractivity contribution in [2.24, 2.45) is 0 Å². The summed E-state index contributed by atoms with van der Waals surface area (Å²) in [7, 11) is 2.99. The van der Waals surface area contributed by atoms with Gasteiger partial charge in [-0.05, 0) is 47.9 Å². The quantitative estimate of drug-likeness (QED) is 0.214. The molecule has 1 aliphatic rings. The van der Waals surface area contributed by atoms with Crippen LogP contribution in [-0.4, -0.2) is 41.0 Å². The van der Waals surface area contributed by atoms with Gasteiger partial charge in [0.25, 0.3) is 11.8 Å². The number of pyridine rings is 1. The Hall–Kier alpha value is -4.37. The summed E-state index contributed by atoms with van der Waals surface area (Å²) in [5, 5.41) is 11.3. The van der Waals surface area contributed by atoms with E-state index in [0.29, 0.717) is 34.4 Å². The number of amides is 2. The number of hydrogen-bond acceptors (Lipinski definition) is 7. The van der Waals surface area contributed by atoms with E-state index < -0.39 is 23.4 Å². The second kappa shape index (κ2) is 9.25. The number of aromatic nitrogens is 1. The third kappa shape index (κ3) is 4.07. The van der Waals surface area contributed by atoms with Gasteiger partial charge in [-0.3, -0.25) is 19.5 Å². The van der Waals surface area contributed by atoms with E-state index >= 15 is 0 Å². The molecule has 10 heteroatoms. The molecule has 0 atom stereocenters. The molecule has 1 aliphatic heterocycles. The Morgan fingerprint density at radius 2 is 1.78 bits per heavy atom. The van der Waals surface area contributed by atoms with Gasteiger partial charge in [-0.25, -0.2) is 4.39 Å². The molecule has 3 N–H and O–H groups in total. The standard InChI is InChI=1S/C27H21ClFN3O5/c1-36-16-5-4-15(20(10-16)37-2)12-32-26(34)21-22(27(32)35)25(33)24-17(23(21)30)8-14(11-31-24)7-13-3-6-19(29)18(28)9-13/h3-6,8-11,33H,7,12,30H2,1-2H3. The number of phenols is 1. The molecule has 0 aliphatic carbocycles. The van der Waals surface area contributed by atoms with Crippen molar-refractivity contribution < 1.29 is 28.6 Å². The fourth-order valence-electron chi connectivity index (χ4n) is 4.48. The Morgan fingerprint density at radius 3 is 2.49 bits per heavy atom. The number of anilines is 1. The number of fused-ring (bicyclic) bond motifs is 2. The Kier molecular flexibility index (Phi) is 6.08. The molecule has 0 bridgehead atoms. The fraction of sp³-hybridized carbons (Fsp3) is 0.148. The highest BCUT2D eigenvalue weighted by atomic mass is 35.5. The highest BCUT2D eigenvalue weighted by Crippen LogP contribution is 2.42. The fourth-order valence-corrected chi connectivity index (χ4v) is 4.68. The van der Waals surface area contributed by atoms with Crippen molar-refractivity contribution >= 4 is 40.0 Å². The zero-order valence-corrected chi connectivity index (χ0v) is 20.6. The molecule has 188 valence electrons. The molecule has 2 amide bonds. The number of nitrogens with zero attached hydrogens (tertiary/aromatic N) is 2. The number of ether oxygens (including phenoxy) is 2. The van der Waals surface area contributed by atoms with Crippen LogP contribution >= 0.6 is 11.6 Å². The summed E-state index contributed by atoms with van der Waals surface area (Å²) in [4.78, 5) is 32.0. The summed E-state index contributed by atoms with van der Waals surface area (Å²) in [6, 6.07) is 11.1. The summed E-state index contributed by atoms with van der Waals surface area (Å²) >= 11 is 5.89. The van der Waals surface area contributed by atoms with E-state index in [1.165, 1.54) is 32.5 Å². The van der Waals surface area contributed by atoms with Crippen molar-refractivity contribution in [1.82, 2.24) is 9.88 Å². The van der Waals surface area contributed by atoms with Crippen LogP contribution in [0.1, 0.15) is 37.4 Å².